The Hall–Kier alpha value is -1.55. The van der Waals surface area contributed by atoms with Crippen LogP contribution in [0.4, 0.5) is 4.79 Å². The third-order valence-electron chi connectivity index (χ3n) is 3.87. The van der Waals surface area contributed by atoms with E-state index in [1.165, 1.54) is 16.7 Å². The second-order valence-electron chi connectivity index (χ2n) is 5.74. The van der Waals surface area contributed by atoms with Gasteiger partial charge >= 0.3 is 6.03 Å². The summed E-state index contributed by atoms with van der Waals surface area (Å²) in [5.41, 5.74) is 3.76. The van der Waals surface area contributed by atoms with E-state index in [0.29, 0.717) is 12.5 Å². The normalized spacial score (nSPS) is 15.5. The second-order valence-corrected chi connectivity index (χ2v) is 5.74. The zero-order valence-corrected chi connectivity index (χ0v) is 12.7. The number of aryl methyl sites for hydroxylation is 1. The van der Waals surface area contributed by atoms with Crippen molar-refractivity contribution in [2.24, 2.45) is 0 Å². The Morgan fingerprint density at radius 2 is 2.05 bits per heavy atom. The summed E-state index contributed by atoms with van der Waals surface area (Å²) in [5.74, 6) is 0.512. The van der Waals surface area contributed by atoms with Gasteiger partial charge in [-0.3, -0.25) is 0 Å². The van der Waals surface area contributed by atoms with Crippen LogP contribution in [0.2, 0.25) is 0 Å². The number of rotatable bonds is 3. The van der Waals surface area contributed by atoms with E-state index in [2.05, 4.69) is 49.6 Å². The quantitative estimate of drug-likeness (QED) is 0.888. The minimum atomic E-state index is 0.0425. The minimum absolute atomic E-state index is 0.0425. The molecule has 1 heterocycles. The Balaban J connectivity index is 1.95. The van der Waals surface area contributed by atoms with Crippen molar-refractivity contribution in [1.82, 2.24) is 15.5 Å². The lowest BCUT2D eigenvalue weighted by Crippen LogP contribution is -2.50. The van der Waals surface area contributed by atoms with Gasteiger partial charge in [0.1, 0.15) is 0 Å². The fourth-order valence-electron chi connectivity index (χ4n) is 2.39. The third kappa shape index (κ3) is 3.73. The summed E-state index contributed by atoms with van der Waals surface area (Å²) in [4.78, 5) is 14.0. The maximum Gasteiger partial charge on any atom is 0.317 e. The second kappa shape index (κ2) is 6.75. The maximum absolute atomic E-state index is 12.1. The molecule has 4 heteroatoms. The van der Waals surface area contributed by atoms with E-state index in [1.807, 2.05) is 4.90 Å². The van der Waals surface area contributed by atoms with Gasteiger partial charge < -0.3 is 15.5 Å². The van der Waals surface area contributed by atoms with Crippen LogP contribution in [-0.2, 0) is 6.54 Å². The summed E-state index contributed by atoms with van der Waals surface area (Å²) < 4.78 is 0. The number of carbonyl (C=O) groups excluding carboxylic acids is 1. The summed E-state index contributed by atoms with van der Waals surface area (Å²) in [7, 11) is 0. The van der Waals surface area contributed by atoms with Gasteiger partial charge in [-0.25, -0.2) is 4.79 Å². The fourth-order valence-corrected chi connectivity index (χ4v) is 2.39. The number of hydrogen-bond donors (Lipinski definition) is 2. The van der Waals surface area contributed by atoms with Gasteiger partial charge in [-0.05, 0) is 29.5 Å². The molecule has 0 bridgehead atoms. The van der Waals surface area contributed by atoms with E-state index >= 15 is 0 Å². The van der Waals surface area contributed by atoms with Crippen molar-refractivity contribution in [2.75, 3.05) is 26.2 Å². The van der Waals surface area contributed by atoms with Gasteiger partial charge in [0, 0.05) is 32.7 Å². The van der Waals surface area contributed by atoms with Crippen LogP contribution < -0.4 is 10.6 Å². The van der Waals surface area contributed by atoms with E-state index in [1.54, 1.807) is 0 Å². The van der Waals surface area contributed by atoms with Crippen molar-refractivity contribution >= 4 is 6.03 Å². The summed E-state index contributed by atoms with van der Waals surface area (Å²) in [6.45, 7) is 10.4. The van der Waals surface area contributed by atoms with E-state index in [9.17, 15) is 4.79 Å². The lowest BCUT2D eigenvalue weighted by molar-refractivity contribution is 0.189. The number of urea groups is 1. The van der Waals surface area contributed by atoms with Crippen molar-refractivity contribution in [2.45, 2.75) is 33.2 Å². The van der Waals surface area contributed by atoms with Gasteiger partial charge in [-0.15, -0.1) is 0 Å². The molecule has 1 aromatic carbocycles. The van der Waals surface area contributed by atoms with Crippen molar-refractivity contribution in [3.63, 3.8) is 0 Å². The highest BCUT2D eigenvalue weighted by molar-refractivity contribution is 5.74. The molecule has 0 saturated carbocycles. The highest BCUT2D eigenvalue weighted by atomic mass is 16.2. The zero-order chi connectivity index (χ0) is 14.5. The van der Waals surface area contributed by atoms with Crippen LogP contribution in [0.1, 0.15) is 36.5 Å². The van der Waals surface area contributed by atoms with Crippen LogP contribution in [0.15, 0.2) is 18.2 Å². The lowest BCUT2D eigenvalue weighted by atomic mass is 9.98. The Bertz CT molecular complexity index is 465. The Morgan fingerprint density at radius 1 is 1.35 bits per heavy atom. The standard InChI is InChI=1S/C16H25N3O/c1-12(2)14-5-4-13(3)15(10-14)11-18-16(20)19-8-6-17-7-9-19/h4-5,10,12,17H,6-9,11H2,1-3H3,(H,18,20). The van der Waals surface area contributed by atoms with E-state index in [0.717, 1.165) is 26.2 Å². The molecule has 2 N–H and O–H groups in total. The SMILES string of the molecule is Cc1ccc(C(C)C)cc1CNC(=O)N1CCNCC1. The molecule has 1 aromatic rings. The van der Waals surface area contributed by atoms with Crippen LogP contribution in [0, 0.1) is 6.92 Å². The van der Waals surface area contributed by atoms with E-state index in [-0.39, 0.29) is 6.03 Å². The first-order valence-electron chi connectivity index (χ1n) is 7.41. The Morgan fingerprint density at radius 3 is 2.70 bits per heavy atom. The zero-order valence-electron chi connectivity index (χ0n) is 12.7. The number of nitrogens with zero attached hydrogens (tertiary/aromatic N) is 1. The van der Waals surface area contributed by atoms with Gasteiger partial charge in [0.05, 0.1) is 0 Å². The van der Waals surface area contributed by atoms with Gasteiger partial charge in [0.25, 0.3) is 0 Å². The number of nitrogens with one attached hydrogen (secondary N) is 2. The van der Waals surface area contributed by atoms with Crippen molar-refractivity contribution in [1.29, 1.82) is 0 Å². The summed E-state index contributed by atoms with van der Waals surface area (Å²) in [5, 5.41) is 6.29. The molecule has 0 spiro atoms. The van der Waals surface area contributed by atoms with Crippen LogP contribution in [-0.4, -0.2) is 37.1 Å². The molecule has 20 heavy (non-hydrogen) atoms. The van der Waals surface area contributed by atoms with Gasteiger partial charge in [-0.1, -0.05) is 32.0 Å². The molecule has 1 aliphatic heterocycles. The molecular formula is C16H25N3O. The molecule has 1 aliphatic rings. The van der Waals surface area contributed by atoms with Crippen molar-refractivity contribution in [3.05, 3.63) is 34.9 Å². The van der Waals surface area contributed by atoms with E-state index in [4.69, 9.17) is 0 Å². The van der Waals surface area contributed by atoms with E-state index < -0.39 is 0 Å². The number of carbonyl (C=O) groups is 1. The topological polar surface area (TPSA) is 44.4 Å². The smallest absolute Gasteiger partial charge is 0.317 e. The molecule has 0 radical (unpaired) electrons. The molecule has 4 nitrogen and oxygen atoms in total. The Kier molecular flexibility index (Phi) is 5.01. The van der Waals surface area contributed by atoms with Crippen LogP contribution in [0.25, 0.3) is 0 Å². The highest BCUT2D eigenvalue weighted by Gasteiger charge is 2.15. The van der Waals surface area contributed by atoms with Crippen LogP contribution >= 0.6 is 0 Å². The first-order valence-corrected chi connectivity index (χ1v) is 7.41. The highest BCUT2D eigenvalue weighted by Crippen LogP contribution is 2.18. The molecule has 110 valence electrons. The molecule has 0 unspecified atom stereocenters. The summed E-state index contributed by atoms with van der Waals surface area (Å²) in [6.07, 6.45) is 0. The van der Waals surface area contributed by atoms with Crippen LogP contribution in [0.3, 0.4) is 0 Å². The van der Waals surface area contributed by atoms with Crippen molar-refractivity contribution < 1.29 is 4.79 Å². The number of piperazine rings is 1. The summed E-state index contributed by atoms with van der Waals surface area (Å²) in [6, 6.07) is 6.56. The first kappa shape index (κ1) is 14.9. The summed E-state index contributed by atoms with van der Waals surface area (Å²) >= 11 is 0. The molecule has 1 saturated heterocycles. The average Bonchev–Trinajstić information content (AvgIpc) is 2.46. The minimum Gasteiger partial charge on any atom is -0.334 e. The number of benzene rings is 1. The molecule has 0 aliphatic carbocycles. The Labute approximate surface area is 121 Å². The molecule has 2 rings (SSSR count). The molecule has 1 fully saturated rings. The van der Waals surface area contributed by atoms with Crippen molar-refractivity contribution in [3.8, 4) is 0 Å². The molecule has 0 atom stereocenters. The number of amides is 2. The van der Waals surface area contributed by atoms with Gasteiger partial charge in [-0.2, -0.15) is 0 Å². The average molecular weight is 275 g/mol. The lowest BCUT2D eigenvalue weighted by Gasteiger charge is -2.27. The molecule has 2 amide bonds. The maximum atomic E-state index is 12.1. The van der Waals surface area contributed by atoms with Crippen LogP contribution in [0.5, 0.6) is 0 Å². The third-order valence-corrected chi connectivity index (χ3v) is 3.87. The molecular weight excluding hydrogens is 250 g/mol. The monoisotopic (exact) mass is 275 g/mol. The predicted octanol–water partition coefficient (Wildman–Crippen LogP) is 2.23. The number of hydrogen-bond acceptors (Lipinski definition) is 2. The van der Waals surface area contributed by atoms with Gasteiger partial charge in [0.2, 0.25) is 0 Å². The first-order chi connectivity index (χ1) is 9.58. The predicted molar refractivity (Wildman–Crippen MR) is 81.9 cm³/mol. The largest absolute Gasteiger partial charge is 0.334 e. The fraction of sp³-hybridized carbons (Fsp3) is 0.562. The van der Waals surface area contributed by atoms with Gasteiger partial charge in [0.15, 0.2) is 0 Å². The molecule has 0 aromatic heterocycles.